The third-order valence-corrected chi connectivity index (χ3v) is 5.22. The smallest absolute Gasteiger partial charge is 0.327 e. The molecule has 1 aliphatic heterocycles. The second kappa shape index (κ2) is 9.63. The zero-order valence-electron chi connectivity index (χ0n) is 18.3. The second-order valence-electron chi connectivity index (χ2n) is 7.68. The fourth-order valence-electron chi connectivity index (χ4n) is 3.25. The van der Waals surface area contributed by atoms with Crippen LogP contribution in [-0.2, 0) is 4.74 Å². The van der Waals surface area contributed by atoms with E-state index in [9.17, 15) is 9.18 Å². The molecule has 0 spiro atoms. The lowest BCUT2D eigenvalue weighted by Crippen LogP contribution is -2.44. The van der Waals surface area contributed by atoms with Crippen molar-refractivity contribution in [1.82, 2.24) is 24.8 Å². The van der Waals surface area contributed by atoms with Gasteiger partial charge in [0.2, 0.25) is 5.95 Å². The van der Waals surface area contributed by atoms with Crippen LogP contribution in [0.5, 0.6) is 11.8 Å². The summed E-state index contributed by atoms with van der Waals surface area (Å²) in [6.45, 7) is 3.63. The van der Waals surface area contributed by atoms with Gasteiger partial charge in [-0.2, -0.15) is 15.0 Å². The molecule has 172 valence electrons. The van der Waals surface area contributed by atoms with Crippen LogP contribution in [0.15, 0.2) is 36.5 Å². The molecule has 0 bridgehead atoms. The Labute approximate surface area is 195 Å². The highest BCUT2D eigenvalue weighted by Gasteiger charge is 2.24. The number of hydrogen-bond donors (Lipinski definition) is 0. The number of carbonyl (C=O) groups excluding carboxylic acids is 1. The average Bonchev–Trinajstić information content (AvgIpc) is 2.80. The van der Waals surface area contributed by atoms with E-state index in [2.05, 4.69) is 19.9 Å². The lowest BCUT2D eigenvalue weighted by atomic mass is 10.2. The van der Waals surface area contributed by atoms with Crippen molar-refractivity contribution in [3.05, 3.63) is 53.1 Å². The summed E-state index contributed by atoms with van der Waals surface area (Å²) in [6.07, 6.45) is 1.54. The molecule has 1 saturated heterocycles. The summed E-state index contributed by atoms with van der Waals surface area (Å²) in [6, 6.07) is 7.26. The molecule has 1 aliphatic rings. The van der Waals surface area contributed by atoms with Crippen LogP contribution in [0.2, 0.25) is 5.15 Å². The van der Waals surface area contributed by atoms with Crippen LogP contribution in [0, 0.1) is 5.82 Å². The monoisotopic (exact) mass is 472 g/mol. The Morgan fingerprint density at radius 2 is 2.06 bits per heavy atom. The van der Waals surface area contributed by atoms with Crippen molar-refractivity contribution in [3.63, 3.8) is 0 Å². The highest BCUT2D eigenvalue weighted by atomic mass is 35.5. The zero-order valence-corrected chi connectivity index (χ0v) is 19.1. The maximum absolute atomic E-state index is 14.7. The Morgan fingerprint density at radius 3 is 2.73 bits per heavy atom. The van der Waals surface area contributed by atoms with Gasteiger partial charge in [0, 0.05) is 38.0 Å². The quantitative estimate of drug-likeness (QED) is 0.521. The average molecular weight is 473 g/mol. The Bertz CT molecular complexity index is 1160. The molecule has 33 heavy (non-hydrogen) atoms. The van der Waals surface area contributed by atoms with E-state index in [0.29, 0.717) is 42.2 Å². The van der Waals surface area contributed by atoms with Crippen molar-refractivity contribution in [3.8, 4) is 23.1 Å². The summed E-state index contributed by atoms with van der Waals surface area (Å²) in [5.41, 5.74) is 0.803. The lowest BCUT2D eigenvalue weighted by molar-refractivity contribution is 0.0827. The van der Waals surface area contributed by atoms with E-state index >= 15 is 0 Å². The van der Waals surface area contributed by atoms with Gasteiger partial charge in [-0.1, -0.05) is 11.6 Å². The summed E-state index contributed by atoms with van der Waals surface area (Å²) in [5, 5.41) is 0.334. The maximum Gasteiger partial charge on any atom is 0.327 e. The topological polar surface area (TPSA) is 93.6 Å². The normalized spacial score (nSPS) is 15.9. The van der Waals surface area contributed by atoms with Gasteiger partial charge in [-0.3, -0.25) is 4.79 Å². The van der Waals surface area contributed by atoms with Crippen molar-refractivity contribution < 1.29 is 18.7 Å². The Kier molecular flexibility index (Phi) is 6.66. The molecule has 1 amide bonds. The van der Waals surface area contributed by atoms with Crippen LogP contribution in [0.3, 0.4) is 0 Å². The first-order chi connectivity index (χ1) is 15.8. The predicted molar refractivity (Wildman–Crippen MR) is 120 cm³/mol. The molecule has 3 heterocycles. The highest BCUT2D eigenvalue weighted by Crippen LogP contribution is 2.28. The Morgan fingerprint density at radius 1 is 1.24 bits per heavy atom. The summed E-state index contributed by atoms with van der Waals surface area (Å²) in [4.78, 5) is 32.8. The molecule has 9 nitrogen and oxygen atoms in total. The number of benzene rings is 1. The molecule has 0 N–H and O–H groups in total. The second-order valence-corrected chi connectivity index (χ2v) is 8.06. The number of morpholine rings is 1. The van der Waals surface area contributed by atoms with Crippen LogP contribution < -0.4 is 9.64 Å². The van der Waals surface area contributed by atoms with E-state index in [1.165, 1.54) is 23.2 Å². The number of anilines is 1. The molecule has 1 fully saturated rings. The number of carbonyl (C=O) groups is 1. The molecule has 3 aromatic rings. The van der Waals surface area contributed by atoms with Crippen LogP contribution in [-0.4, -0.2) is 70.6 Å². The van der Waals surface area contributed by atoms with Gasteiger partial charge in [-0.05, 0) is 37.3 Å². The number of pyridine rings is 1. The van der Waals surface area contributed by atoms with Crippen molar-refractivity contribution in [2.45, 2.75) is 13.0 Å². The van der Waals surface area contributed by atoms with Crippen molar-refractivity contribution in [2.75, 3.05) is 38.8 Å². The Balaban J connectivity index is 1.71. The third-order valence-electron chi connectivity index (χ3n) is 5.00. The predicted octanol–water partition coefficient (Wildman–Crippen LogP) is 3.45. The Hall–Kier alpha value is -3.37. The molecular weight excluding hydrogens is 451 g/mol. The van der Waals surface area contributed by atoms with Gasteiger partial charge in [0.05, 0.1) is 19.3 Å². The molecular formula is C22H22ClFN6O3. The first-order valence-corrected chi connectivity index (χ1v) is 10.6. The van der Waals surface area contributed by atoms with Crippen LogP contribution >= 0.6 is 11.6 Å². The van der Waals surface area contributed by atoms with Gasteiger partial charge in [0.15, 0.2) is 17.4 Å². The van der Waals surface area contributed by atoms with Crippen LogP contribution in [0.1, 0.15) is 17.3 Å². The number of amides is 1. The standard InChI is InChI=1S/C22H22ClFN6O3/c1-13-12-32-9-8-30(13)21-26-19(15-5-7-18(23)25-11-15)27-22(28-21)33-17-6-4-14(10-16(17)24)20(31)29(2)3/h4-7,10-11,13H,8-9,12H2,1-3H3/t13-/m0/s1. The first-order valence-electron chi connectivity index (χ1n) is 10.2. The van der Waals surface area contributed by atoms with E-state index in [-0.39, 0.29) is 29.3 Å². The molecule has 2 aromatic heterocycles. The fraction of sp³-hybridized carbons (Fsp3) is 0.318. The number of ether oxygens (including phenoxy) is 2. The van der Waals surface area contributed by atoms with E-state index in [0.717, 1.165) is 6.07 Å². The van der Waals surface area contributed by atoms with Gasteiger partial charge in [-0.25, -0.2) is 9.37 Å². The number of halogens is 2. The van der Waals surface area contributed by atoms with Gasteiger partial charge in [0.1, 0.15) is 5.15 Å². The molecule has 0 unspecified atom stereocenters. The van der Waals surface area contributed by atoms with E-state index in [1.807, 2.05) is 11.8 Å². The number of aromatic nitrogens is 4. The van der Waals surface area contributed by atoms with Gasteiger partial charge < -0.3 is 19.3 Å². The van der Waals surface area contributed by atoms with Gasteiger partial charge >= 0.3 is 6.01 Å². The largest absolute Gasteiger partial charge is 0.421 e. The summed E-state index contributed by atoms with van der Waals surface area (Å²) >= 11 is 5.90. The van der Waals surface area contributed by atoms with E-state index < -0.39 is 5.82 Å². The molecule has 0 saturated carbocycles. The zero-order chi connectivity index (χ0) is 23.5. The van der Waals surface area contributed by atoms with Crippen LogP contribution in [0.4, 0.5) is 10.3 Å². The van der Waals surface area contributed by atoms with Crippen molar-refractivity contribution in [2.24, 2.45) is 0 Å². The molecule has 1 aromatic carbocycles. The molecule has 1 atom stereocenters. The molecule has 0 radical (unpaired) electrons. The molecule has 11 heteroatoms. The number of hydrogen-bond acceptors (Lipinski definition) is 8. The minimum Gasteiger partial charge on any atom is -0.421 e. The highest BCUT2D eigenvalue weighted by molar-refractivity contribution is 6.29. The minimum atomic E-state index is -0.709. The molecule has 0 aliphatic carbocycles. The summed E-state index contributed by atoms with van der Waals surface area (Å²) < 4.78 is 25.9. The lowest BCUT2D eigenvalue weighted by Gasteiger charge is -2.33. The maximum atomic E-state index is 14.7. The van der Waals surface area contributed by atoms with Crippen molar-refractivity contribution in [1.29, 1.82) is 0 Å². The molecule has 4 rings (SSSR count). The van der Waals surface area contributed by atoms with Crippen molar-refractivity contribution >= 4 is 23.5 Å². The number of nitrogens with zero attached hydrogens (tertiary/aromatic N) is 6. The summed E-state index contributed by atoms with van der Waals surface area (Å²) in [5.74, 6) is -0.461. The first kappa shape index (κ1) is 22.8. The SMILES string of the molecule is C[C@H]1COCCN1c1nc(Oc2ccc(C(=O)N(C)C)cc2F)nc(-c2ccc(Cl)nc2)n1. The third kappa shape index (κ3) is 5.18. The van der Waals surface area contributed by atoms with Gasteiger partial charge in [-0.15, -0.1) is 0 Å². The van der Waals surface area contributed by atoms with E-state index in [4.69, 9.17) is 21.1 Å². The fourth-order valence-corrected chi connectivity index (χ4v) is 3.37. The summed E-state index contributed by atoms with van der Waals surface area (Å²) in [7, 11) is 3.19. The van der Waals surface area contributed by atoms with E-state index in [1.54, 1.807) is 26.2 Å². The van der Waals surface area contributed by atoms with Crippen LogP contribution in [0.25, 0.3) is 11.4 Å². The minimum absolute atomic E-state index is 0.0262. The number of rotatable bonds is 5. The van der Waals surface area contributed by atoms with Gasteiger partial charge in [0.25, 0.3) is 5.91 Å².